The van der Waals surface area contributed by atoms with Gasteiger partial charge in [0, 0.05) is 17.4 Å². The number of carboxylic acids is 1. The summed E-state index contributed by atoms with van der Waals surface area (Å²) in [5.41, 5.74) is 2.03. The lowest BCUT2D eigenvalue weighted by Gasteiger charge is -2.43. The topological polar surface area (TPSA) is 87.0 Å². The van der Waals surface area contributed by atoms with E-state index >= 15 is 0 Å². The molecule has 5 heteroatoms. The molecule has 0 bridgehead atoms. The van der Waals surface area contributed by atoms with Crippen LogP contribution in [0.4, 0.5) is 0 Å². The predicted molar refractivity (Wildman–Crippen MR) is 135 cm³/mol. The third-order valence-corrected chi connectivity index (χ3v) is 7.50. The highest BCUT2D eigenvalue weighted by Crippen LogP contribution is 2.49. The quantitative estimate of drug-likeness (QED) is 0.272. The molecule has 1 aliphatic rings. The number of phenols is 2. The first-order valence-electron chi connectivity index (χ1n) is 12.8. The molecule has 186 valence electrons. The van der Waals surface area contributed by atoms with Crippen LogP contribution >= 0.6 is 0 Å². The highest BCUT2D eigenvalue weighted by atomic mass is 16.5. The molecule has 3 rings (SSSR count). The lowest BCUT2D eigenvalue weighted by atomic mass is 9.66. The zero-order valence-corrected chi connectivity index (χ0v) is 20.6. The molecule has 0 saturated heterocycles. The Kier molecular flexibility index (Phi) is 9.26. The number of carbonyl (C=O) groups is 1. The molecule has 0 aromatic heterocycles. The number of unbranched alkanes of at least 4 members (excludes halogenated alkanes) is 5. The molecule has 0 fully saturated rings. The molecular formula is C29H40O5. The van der Waals surface area contributed by atoms with Crippen molar-refractivity contribution < 1.29 is 24.9 Å². The number of hydrogen-bond donors (Lipinski definition) is 3. The number of phenolic OH excluding ortho intramolecular Hbond substituents is 2. The fourth-order valence-electron chi connectivity index (χ4n) is 5.32. The number of aromatic hydroxyl groups is 2. The number of rotatable bonds is 13. The van der Waals surface area contributed by atoms with Crippen LogP contribution in [-0.2, 0) is 10.2 Å². The Morgan fingerprint density at radius 2 is 1.62 bits per heavy atom. The zero-order valence-electron chi connectivity index (χ0n) is 20.6. The molecule has 0 spiro atoms. The lowest BCUT2D eigenvalue weighted by Crippen LogP contribution is -2.40. The monoisotopic (exact) mass is 468 g/mol. The Balaban J connectivity index is 1.58. The van der Waals surface area contributed by atoms with Gasteiger partial charge in [-0.25, -0.2) is 0 Å². The number of benzene rings is 2. The molecule has 1 unspecified atom stereocenters. The van der Waals surface area contributed by atoms with Gasteiger partial charge in [-0.1, -0.05) is 77.0 Å². The highest BCUT2D eigenvalue weighted by Gasteiger charge is 2.42. The maximum atomic E-state index is 11.4. The number of hydrogen-bond acceptors (Lipinski definition) is 4. The summed E-state index contributed by atoms with van der Waals surface area (Å²) in [6, 6.07) is 12.8. The van der Waals surface area contributed by atoms with Crippen LogP contribution in [0.3, 0.4) is 0 Å². The van der Waals surface area contributed by atoms with Crippen LogP contribution in [0.2, 0.25) is 0 Å². The van der Waals surface area contributed by atoms with Gasteiger partial charge in [0.15, 0.2) is 0 Å². The summed E-state index contributed by atoms with van der Waals surface area (Å²) in [5, 5.41) is 29.1. The van der Waals surface area contributed by atoms with Crippen molar-refractivity contribution in [3.63, 3.8) is 0 Å². The van der Waals surface area contributed by atoms with Gasteiger partial charge in [-0.15, -0.1) is 0 Å². The summed E-state index contributed by atoms with van der Waals surface area (Å²) in [4.78, 5) is 11.4. The minimum absolute atomic E-state index is 0.193. The van der Waals surface area contributed by atoms with Crippen LogP contribution in [0.5, 0.6) is 17.2 Å². The third-order valence-electron chi connectivity index (χ3n) is 7.50. The van der Waals surface area contributed by atoms with Gasteiger partial charge in [0.05, 0.1) is 12.5 Å². The van der Waals surface area contributed by atoms with Crippen molar-refractivity contribution in [1.82, 2.24) is 0 Å². The summed E-state index contributed by atoms with van der Waals surface area (Å²) >= 11 is 0. The lowest BCUT2D eigenvalue weighted by molar-refractivity contribution is -0.142. The molecular weight excluding hydrogens is 428 g/mol. The van der Waals surface area contributed by atoms with Gasteiger partial charge in [-0.05, 0) is 48.6 Å². The molecule has 0 aliphatic carbocycles. The van der Waals surface area contributed by atoms with Gasteiger partial charge < -0.3 is 20.1 Å². The standard InChI is InChI=1S/C29H40O5/c1-3-4-10-21(28(32)33)11-8-6-5-7-9-12-26-25-18-17-24(31)19-27(25)34-20-29(26,2)22-13-15-23(30)16-14-22/h13-19,21,26,30-31H,3-12,20H2,1-2H3,(H,32,33)/t21?,26-,29-/m1/s1. The minimum atomic E-state index is -0.647. The molecule has 3 N–H and O–H groups in total. The van der Waals surface area contributed by atoms with Gasteiger partial charge >= 0.3 is 5.97 Å². The summed E-state index contributed by atoms with van der Waals surface area (Å²) < 4.78 is 6.09. The first-order chi connectivity index (χ1) is 16.3. The van der Waals surface area contributed by atoms with Crippen LogP contribution in [0.25, 0.3) is 0 Å². The number of carboxylic acid groups (broad SMARTS) is 1. The van der Waals surface area contributed by atoms with Gasteiger partial charge in [0.1, 0.15) is 17.2 Å². The van der Waals surface area contributed by atoms with Crippen molar-refractivity contribution in [3.05, 3.63) is 53.6 Å². The highest BCUT2D eigenvalue weighted by molar-refractivity contribution is 5.69. The van der Waals surface area contributed by atoms with Crippen molar-refractivity contribution in [2.75, 3.05) is 6.61 Å². The molecule has 34 heavy (non-hydrogen) atoms. The second-order valence-corrected chi connectivity index (χ2v) is 10.1. The zero-order chi connectivity index (χ0) is 24.6. The number of ether oxygens (including phenoxy) is 1. The average molecular weight is 469 g/mol. The predicted octanol–water partition coefficient (Wildman–Crippen LogP) is 7.15. The Bertz CT molecular complexity index is 923. The smallest absolute Gasteiger partial charge is 0.306 e. The summed E-state index contributed by atoms with van der Waals surface area (Å²) in [5.74, 6) is 0.627. The molecule has 2 aromatic carbocycles. The Hall–Kier alpha value is -2.69. The molecule has 0 amide bonds. The Labute approximate surface area is 203 Å². The van der Waals surface area contributed by atoms with Crippen LogP contribution in [0.1, 0.15) is 95.1 Å². The molecule has 3 atom stereocenters. The van der Waals surface area contributed by atoms with E-state index in [1.54, 1.807) is 24.3 Å². The summed E-state index contributed by atoms with van der Waals surface area (Å²) in [7, 11) is 0. The Morgan fingerprint density at radius 3 is 2.32 bits per heavy atom. The molecule has 1 aliphatic heterocycles. The van der Waals surface area contributed by atoms with E-state index in [-0.39, 0.29) is 28.7 Å². The molecule has 0 radical (unpaired) electrons. The van der Waals surface area contributed by atoms with E-state index in [0.717, 1.165) is 81.1 Å². The normalized spacial score (nSPS) is 20.4. The minimum Gasteiger partial charge on any atom is -0.508 e. The van der Waals surface area contributed by atoms with Crippen molar-refractivity contribution in [3.8, 4) is 17.2 Å². The van der Waals surface area contributed by atoms with Crippen LogP contribution in [-0.4, -0.2) is 27.9 Å². The summed E-state index contributed by atoms with van der Waals surface area (Å²) in [6.07, 6.45) is 9.97. The maximum Gasteiger partial charge on any atom is 0.306 e. The molecule has 2 aromatic rings. The fourth-order valence-corrected chi connectivity index (χ4v) is 5.32. The van der Waals surface area contributed by atoms with Crippen molar-refractivity contribution >= 4 is 5.97 Å². The van der Waals surface area contributed by atoms with Crippen molar-refractivity contribution in [2.24, 2.45) is 5.92 Å². The van der Waals surface area contributed by atoms with E-state index in [1.807, 2.05) is 18.2 Å². The first kappa shape index (κ1) is 25.9. The van der Waals surface area contributed by atoms with E-state index in [0.29, 0.717) is 6.61 Å². The van der Waals surface area contributed by atoms with E-state index < -0.39 is 5.97 Å². The number of fused-ring (bicyclic) bond motifs is 1. The molecule has 5 nitrogen and oxygen atoms in total. The maximum absolute atomic E-state index is 11.4. The van der Waals surface area contributed by atoms with Gasteiger partial charge in [0.25, 0.3) is 0 Å². The average Bonchev–Trinajstić information content (AvgIpc) is 2.81. The SMILES string of the molecule is CCCCC(CCCCCCC[C@@H]1c2ccc(O)cc2OC[C@]1(C)c1ccc(O)cc1)C(=O)O. The van der Waals surface area contributed by atoms with E-state index in [9.17, 15) is 20.1 Å². The first-order valence-corrected chi connectivity index (χ1v) is 12.8. The second kappa shape index (κ2) is 12.1. The number of aliphatic carboxylic acids is 1. The van der Waals surface area contributed by atoms with Crippen LogP contribution in [0, 0.1) is 5.92 Å². The van der Waals surface area contributed by atoms with E-state index in [1.165, 1.54) is 0 Å². The van der Waals surface area contributed by atoms with Gasteiger partial charge in [0.2, 0.25) is 0 Å². The van der Waals surface area contributed by atoms with E-state index in [4.69, 9.17) is 4.74 Å². The molecule has 1 heterocycles. The largest absolute Gasteiger partial charge is 0.508 e. The van der Waals surface area contributed by atoms with Gasteiger partial charge in [-0.2, -0.15) is 0 Å². The fraction of sp³-hybridized carbons (Fsp3) is 0.552. The summed E-state index contributed by atoms with van der Waals surface area (Å²) in [6.45, 7) is 4.85. The van der Waals surface area contributed by atoms with Crippen molar-refractivity contribution in [1.29, 1.82) is 0 Å². The van der Waals surface area contributed by atoms with Crippen LogP contribution < -0.4 is 4.74 Å². The van der Waals surface area contributed by atoms with Gasteiger partial charge in [-0.3, -0.25) is 4.79 Å². The third kappa shape index (κ3) is 6.46. The van der Waals surface area contributed by atoms with E-state index in [2.05, 4.69) is 13.8 Å². The van der Waals surface area contributed by atoms with Crippen molar-refractivity contribution in [2.45, 2.75) is 89.4 Å². The Morgan fingerprint density at radius 1 is 0.971 bits per heavy atom. The second-order valence-electron chi connectivity index (χ2n) is 10.1. The van der Waals surface area contributed by atoms with Crippen LogP contribution in [0.15, 0.2) is 42.5 Å². The molecule has 0 saturated carbocycles.